The highest BCUT2D eigenvalue weighted by atomic mass is 35.5. The molecule has 1 aliphatic heterocycles. The van der Waals surface area contributed by atoms with Crippen molar-refractivity contribution in [2.75, 3.05) is 26.2 Å². The molecular weight excluding hydrogens is 364 g/mol. The number of nitrogens with zero attached hydrogens (tertiary/aromatic N) is 1. The Hall–Kier alpha value is -1.44. The van der Waals surface area contributed by atoms with Gasteiger partial charge in [-0.2, -0.15) is 0 Å². The number of hydrogen-bond acceptors (Lipinski definition) is 4. The minimum Gasteiger partial charge on any atom is -0.488 e. The Morgan fingerprint density at radius 2 is 2.04 bits per heavy atom. The SMILES string of the molecule is Cl.NCCC(=O)NCC1CCCCN1Cc1ccc(OCC(F)F)cc1. The average Bonchev–Trinajstić information content (AvgIpc) is 2.60. The Morgan fingerprint density at radius 1 is 1.31 bits per heavy atom. The number of halogens is 3. The van der Waals surface area contributed by atoms with Crippen LogP contribution >= 0.6 is 12.4 Å². The van der Waals surface area contributed by atoms with Crippen LogP contribution in [0.4, 0.5) is 8.78 Å². The zero-order chi connectivity index (χ0) is 18.1. The maximum atomic E-state index is 12.2. The number of nitrogens with one attached hydrogen (secondary N) is 1. The molecule has 0 aromatic heterocycles. The summed E-state index contributed by atoms with van der Waals surface area (Å²) < 4.78 is 29.3. The van der Waals surface area contributed by atoms with Gasteiger partial charge in [-0.05, 0) is 37.1 Å². The molecular formula is C18H28ClF2N3O2. The lowest BCUT2D eigenvalue weighted by Crippen LogP contribution is -2.46. The normalized spacial score (nSPS) is 17.6. The van der Waals surface area contributed by atoms with E-state index in [1.165, 1.54) is 0 Å². The molecule has 1 aromatic carbocycles. The Balaban J connectivity index is 0.00000338. The molecule has 1 heterocycles. The third-order valence-electron chi connectivity index (χ3n) is 4.34. The second kappa shape index (κ2) is 12.0. The van der Waals surface area contributed by atoms with Crippen molar-refractivity contribution in [1.82, 2.24) is 10.2 Å². The fourth-order valence-electron chi connectivity index (χ4n) is 3.04. The number of amides is 1. The van der Waals surface area contributed by atoms with E-state index >= 15 is 0 Å². The number of ether oxygens (including phenoxy) is 1. The predicted molar refractivity (Wildman–Crippen MR) is 99.9 cm³/mol. The molecule has 0 aliphatic carbocycles. The number of benzene rings is 1. The second-order valence-corrected chi connectivity index (χ2v) is 6.31. The van der Waals surface area contributed by atoms with Gasteiger partial charge in [0.1, 0.15) is 12.4 Å². The third-order valence-corrected chi connectivity index (χ3v) is 4.34. The molecule has 1 fully saturated rings. The van der Waals surface area contributed by atoms with Gasteiger partial charge in [-0.15, -0.1) is 12.4 Å². The molecule has 3 N–H and O–H groups in total. The van der Waals surface area contributed by atoms with Crippen LogP contribution in [-0.2, 0) is 11.3 Å². The largest absolute Gasteiger partial charge is 0.488 e. The van der Waals surface area contributed by atoms with Crippen molar-refractivity contribution < 1.29 is 18.3 Å². The van der Waals surface area contributed by atoms with Gasteiger partial charge < -0.3 is 15.8 Å². The summed E-state index contributed by atoms with van der Waals surface area (Å²) in [7, 11) is 0. The van der Waals surface area contributed by atoms with Crippen molar-refractivity contribution >= 4 is 18.3 Å². The number of rotatable bonds is 9. The van der Waals surface area contributed by atoms with Gasteiger partial charge in [0, 0.05) is 32.1 Å². The molecule has 0 spiro atoms. The van der Waals surface area contributed by atoms with Crippen molar-refractivity contribution in [3.8, 4) is 5.75 Å². The van der Waals surface area contributed by atoms with Gasteiger partial charge in [-0.25, -0.2) is 8.78 Å². The van der Waals surface area contributed by atoms with Crippen molar-refractivity contribution in [1.29, 1.82) is 0 Å². The number of alkyl halides is 2. The van der Waals surface area contributed by atoms with Crippen LogP contribution in [0.5, 0.6) is 5.75 Å². The Bertz CT molecular complexity index is 532. The Labute approximate surface area is 159 Å². The number of piperidine rings is 1. The van der Waals surface area contributed by atoms with Crippen molar-refractivity contribution in [3.63, 3.8) is 0 Å². The van der Waals surface area contributed by atoms with Gasteiger partial charge in [-0.3, -0.25) is 9.69 Å². The van der Waals surface area contributed by atoms with Gasteiger partial charge in [-0.1, -0.05) is 18.6 Å². The summed E-state index contributed by atoms with van der Waals surface area (Å²) in [5.41, 5.74) is 6.50. The van der Waals surface area contributed by atoms with Crippen LogP contribution in [0.15, 0.2) is 24.3 Å². The lowest BCUT2D eigenvalue weighted by atomic mass is 10.0. The first-order valence-electron chi connectivity index (χ1n) is 8.79. The molecule has 1 amide bonds. The molecule has 148 valence electrons. The standard InChI is InChI=1S/C18H27F2N3O2.ClH/c19-17(20)13-25-16-6-4-14(5-7-16)12-23-10-2-1-3-15(23)11-22-18(24)8-9-21;/h4-7,15,17H,1-3,8-13,21H2,(H,22,24);1H. The first kappa shape index (κ1) is 22.6. The average molecular weight is 392 g/mol. The van der Waals surface area contributed by atoms with Crippen LogP contribution in [-0.4, -0.2) is 49.5 Å². The van der Waals surface area contributed by atoms with E-state index in [1.54, 1.807) is 12.1 Å². The highest BCUT2D eigenvalue weighted by molar-refractivity contribution is 5.85. The number of carbonyl (C=O) groups excluding carboxylic acids is 1. The van der Waals surface area contributed by atoms with E-state index in [-0.39, 0.29) is 18.3 Å². The van der Waals surface area contributed by atoms with Gasteiger partial charge in [0.2, 0.25) is 5.91 Å². The Kier molecular flexibility index (Phi) is 10.5. The lowest BCUT2D eigenvalue weighted by molar-refractivity contribution is -0.121. The monoisotopic (exact) mass is 391 g/mol. The highest BCUT2D eigenvalue weighted by Gasteiger charge is 2.22. The molecule has 26 heavy (non-hydrogen) atoms. The summed E-state index contributed by atoms with van der Waals surface area (Å²) in [6.45, 7) is 2.16. The third kappa shape index (κ3) is 7.85. The molecule has 0 radical (unpaired) electrons. The minimum atomic E-state index is -2.47. The maximum absolute atomic E-state index is 12.2. The van der Waals surface area contributed by atoms with E-state index in [1.807, 2.05) is 12.1 Å². The van der Waals surface area contributed by atoms with Crippen molar-refractivity contribution in [3.05, 3.63) is 29.8 Å². The summed E-state index contributed by atoms with van der Waals surface area (Å²) in [5.74, 6) is 0.446. The zero-order valence-corrected chi connectivity index (χ0v) is 15.6. The van der Waals surface area contributed by atoms with E-state index in [0.717, 1.165) is 37.9 Å². The predicted octanol–water partition coefficient (Wildman–Crippen LogP) is 2.57. The molecule has 1 aliphatic rings. The van der Waals surface area contributed by atoms with Crippen LogP contribution in [0, 0.1) is 0 Å². The van der Waals surface area contributed by atoms with Crippen molar-refractivity contribution in [2.45, 2.75) is 44.7 Å². The van der Waals surface area contributed by atoms with E-state index in [0.29, 0.717) is 31.3 Å². The fraction of sp³-hybridized carbons (Fsp3) is 0.611. The summed E-state index contributed by atoms with van der Waals surface area (Å²) in [6, 6.07) is 7.56. The van der Waals surface area contributed by atoms with Crippen molar-refractivity contribution in [2.24, 2.45) is 5.73 Å². The molecule has 0 saturated carbocycles. The summed E-state index contributed by atoms with van der Waals surface area (Å²) in [6.07, 6.45) is 1.24. The van der Waals surface area contributed by atoms with Gasteiger partial charge in [0.05, 0.1) is 0 Å². The molecule has 1 atom stereocenters. The van der Waals surface area contributed by atoms with Gasteiger partial charge in [0.15, 0.2) is 0 Å². The zero-order valence-electron chi connectivity index (χ0n) is 14.8. The van der Waals surface area contributed by atoms with Crippen LogP contribution in [0.3, 0.4) is 0 Å². The van der Waals surface area contributed by atoms with Crippen LogP contribution < -0.4 is 15.8 Å². The number of nitrogens with two attached hydrogens (primary N) is 1. The summed E-state index contributed by atoms with van der Waals surface area (Å²) >= 11 is 0. The molecule has 1 aromatic rings. The maximum Gasteiger partial charge on any atom is 0.272 e. The number of hydrogen-bond donors (Lipinski definition) is 2. The van der Waals surface area contributed by atoms with Gasteiger partial charge in [0.25, 0.3) is 6.43 Å². The first-order valence-corrected chi connectivity index (χ1v) is 8.79. The van der Waals surface area contributed by atoms with E-state index < -0.39 is 13.0 Å². The minimum absolute atomic E-state index is 0. The molecule has 1 saturated heterocycles. The highest BCUT2D eigenvalue weighted by Crippen LogP contribution is 2.21. The van der Waals surface area contributed by atoms with E-state index in [9.17, 15) is 13.6 Å². The topological polar surface area (TPSA) is 67.6 Å². The number of carbonyl (C=O) groups is 1. The number of likely N-dealkylation sites (tertiary alicyclic amines) is 1. The quantitative estimate of drug-likeness (QED) is 0.679. The molecule has 0 bridgehead atoms. The first-order chi connectivity index (χ1) is 12.1. The van der Waals surface area contributed by atoms with E-state index in [4.69, 9.17) is 10.5 Å². The lowest BCUT2D eigenvalue weighted by Gasteiger charge is -2.36. The van der Waals surface area contributed by atoms with Crippen LogP contribution in [0.25, 0.3) is 0 Å². The van der Waals surface area contributed by atoms with E-state index in [2.05, 4.69) is 10.2 Å². The smallest absolute Gasteiger partial charge is 0.272 e. The van der Waals surface area contributed by atoms with Crippen LogP contribution in [0.2, 0.25) is 0 Å². The second-order valence-electron chi connectivity index (χ2n) is 6.31. The molecule has 2 rings (SSSR count). The molecule has 8 heteroatoms. The van der Waals surface area contributed by atoms with Gasteiger partial charge >= 0.3 is 0 Å². The van der Waals surface area contributed by atoms with Crippen LogP contribution in [0.1, 0.15) is 31.2 Å². The summed E-state index contributed by atoms with van der Waals surface area (Å²) in [5, 5.41) is 2.95. The molecule has 5 nitrogen and oxygen atoms in total. The summed E-state index contributed by atoms with van der Waals surface area (Å²) in [4.78, 5) is 14.0. The fourth-order valence-corrected chi connectivity index (χ4v) is 3.04. The molecule has 1 unspecified atom stereocenters. The Morgan fingerprint density at radius 3 is 2.69 bits per heavy atom.